The van der Waals surface area contributed by atoms with Gasteiger partial charge in [-0.1, -0.05) is 24.3 Å². The van der Waals surface area contributed by atoms with Gasteiger partial charge in [0.1, 0.15) is 0 Å². The van der Waals surface area contributed by atoms with E-state index >= 15 is 0 Å². The van der Waals surface area contributed by atoms with E-state index in [9.17, 15) is 4.79 Å². The first-order valence-electron chi connectivity index (χ1n) is 10.1. The molecular weight excluding hydrogens is 477 g/mol. The van der Waals surface area contributed by atoms with Crippen molar-refractivity contribution in [2.75, 3.05) is 44.7 Å². The van der Waals surface area contributed by atoms with Gasteiger partial charge in [-0.05, 0) is 38.0 Å². The van der Waals surface area contributed by atoms with Crippen LogP contribution in [-0.2, 0) is 6.54 Å². The highest BCUT2D eigenvalue weighted by molar-refractivity contribution is 14.0. The van der Waals surface area contributed by atoms with Crippen molar-refractivity contribution in [3.63, 3.8) is 0 Å². The number of halogens is 1. The molecule has 1 saturated heterocycles. The second-order valence-electron chi connectivity index (χ2n) is 7.15. The molecule has 0 spiro atoms. The fourth-order valence-electron chi connectivity index (χ4n) is 3.65. The molecule has 0 aliphatic carbocycles. The van der Waals surface area contributed by atoms with E-state index in [0.717, 1.165) is 63.8 Å². The SMILES string of the molecule is CN=C(NCCCCn1c(C)cccc1=O)N1CCN(c2ccccc2)CC1.I. The molecule has 0 radical (unpaired) electrons. The van der Waals surface area contributed by atoms with E-state index < -0.39 is 0 Å². The predicted octanol–water partition coefficient (Wildman–Crippen LogP) is 2.95. The number of para-hydroxylation sites is 1. The Balaban J connectivity index is 0.00000300. The second-order valence-corrected chi connectivity index (χ2v) is 7.15. The third-order valence-corrected chi connectivity index (χ3v) is 5.27. The number of rotatable bonds is 6. The van der Waals surface area contributed by atoms with Crippen LogP contribution in [0.2, 0.25) is 0 Å². The number of hydrogen-bond donors (Lipinski definition) is 1. The summed E-state index contributed by atoms with van der Waals surface area (Å²) in [7, 11) is 1.85. The molecule has 0 bridgehead atoms. The van der Waals surface area contributed by atoms with E-state index in [1.807, 2.05) is 30.7 Å². The fourth-order valence-corrected chi connectivity index (χ4v) is 3.65. The summed E-state index contributed by atoms with van der Waals surface area (Å²) < 4.78 is 1.84. The van der Waals surface area contributed by atoms with Gasteiger partial charge in [0.2, 0.25) is 0 Å². The third-order valence-electron chi connectivity index (χ3n) is 5.27. The van der Waals surface area contributed by atoms with Gasteiger partial charge in [-0.3, -0.25) is 9.79 Å². The number of unbranched alkanes of at least 4 members (excludes halogenated alkanes) is 1. The topological polar surface area (TPSA) is 52.9 Å². The van der Waals surface area contributed by atoms with Gasteiger partial charge in [0.25, 0.3) is 5.56 Å². The van der Waals surface area contributed by atoms with Gasteiger partial charge in [-0.15, -0.1) is 24.0 Å². The molecule has 1 N–H and O–H groups in total. The van der Waals surface area contributed by atoms with Crippen LogP contribution in [0.5, 0.6) is 0 Å². The number of aliphatic imine (C=N–C) groups is 1. The molecule has 1 fully saturated rings. The summed E-state index contributed by atoms with van der Waals surface area (Å²) >= 11 is 0. The minimum atomic E-state index is 0. The lowest BCUT2D eigenvalue weighted by atomic mass is 10.2. The molecular formula is C22H32IN5O. The Hall–Kier alpha value is -2.03. The lowest BCUT2D eigenvalue weighted by Gasteiger charge is -2.37. The van der Waals surface area contributed by atoms with Crippen LogP contribution in [0.4, 0.5) is 5.69 Å². The number of nitrogens with one attached hydrogen (secondary N) is 1. The summed E-state index contributed by atoms with van der Waals surface area (Å²) in [6.07, 6.45) is 1.97. The van der Waals surface area contributed by atoms with Gasteiger partial charge < -0.3 is 19.7 Å². The molecule has 0 saturated carbocycles. The Morgan fingerprint density at radius 2 is 1.72 bits per heavy atom. The van der Waals surface area contributed by atoms with Crippen molar-refractivity contribution in [3.8, 4) is 0 Å². The Bertz CT molecular complexity index is 829. The molecule has 158 valence electrons. The van der Waals surface area contributed by atoms with Crippen LogP contribution in [0.15, 0.2) is 58.3 Å². The zero-order valence-electron chi connectivity index (χ0n) is 17.4. The monoisotopic (exact) mass is 509 g/mol. The Morgan fingerprint density at radius 3 is 2.38 bits per heavy atom. The minimum Gasteiger partial charge on any atom is -0.368 e. The number of guanidine groups is 1. The Morgan fingerprint density at radius 1 is 1.00 bits per heavy atom. The summed E-state index contributed by atoms with van der Waals surface area (Å²) in [5.74, 6) is 0.973. The summed E-state index contributed by atoms with van der Waals surface area (Å²) in [6, 6.07) is 16.0. The largest absolute Gasteiger partial charge is 0.368 e. The van der Waals surface area contributed by atoms with Gasteiger partial charge in [-0.2, -0.15) is 0 Å². The van der Waals surface area contributed by atoms with E-state index in [1.165, 1.54) is 5.69 Å². The molecule has 0 amide bonds. The fraction of sp³-hybridized carbons (Fsp3) is 0.455. The molecule has 0 atom stereocenters. The molecule has 1 aromatic carbocycles. The number of piperazine rings is 1. The quantitative estimate of drug-likeness (QED) is 0.282. The van der Waals surface area contributed by atoms with Crippen LogP contribution >= 0.6 is 24.0 Å². The van der Waals surface area contributed by atoms with Crippen LogP contribution in [0, 0.1) is 6.92 Å². The van der Waals surface area contributed by atoms with Crippen LogP contribution in [0.3, 0.4) is 0 Å². The number of aryl methyl sites for hydroxylation is 1. The normalized spacial score (nSPS) is 14.5. The van der Waals surface area contributed by atoms with Crippen molar-refractivity contribution in [1.29, 1.82) is 0 Å². The maximum Gasteiger partial charge on any atom is 0.250 e. The molecule has 29 heavy (non-hydrogen) atoms. The molecule has 3 rings (SSSR count). The average molecular weight is 509 g/mol. The van der Waals surface area contributed by atoms with Gasteiger partial charge in [0.05, 0.1) is 0 Å². The first-order valence-corrected chi connectivity index (χ1v) is 10.1. The summed E-state index contributed by atoms with van der Waals surface area (Å²) in [5, 5.41) is 3.48. The van der Waals surface area contributed by atoms with Crippen molar-refractivity contribution in [3.05, 3.63) is 64.6 Å². The second kappa shape index (κ2) is 11.8. The average Bonchev–Trinajstić information content (AvgIpc) is 2.73. The van der Waals surface area contributed by atoms with Crippen molar-refractivity contribution in [2.45, 2.75) is 26.3 Å². The Labute approximate surface area is 190 Å². The first-order chi connectivity index (χ1) is 13.7. The molecule has 6 nitrogen and oxygen atoms in total. The molecule has 1 aliphatic rings. The maximum absolute atomic E-state index is 11.9. The standard InChI is InChI=1S/C22H31N5O.HI/c1-19-9-8-12-21(28)27(19)14-7-6-13-24-22(23-2)26-17-15-25(16-18-26)20-10-4-3-5-11-20;/h3-5,8-12H,6-7,13-18H2,1-2H3,(H,23,24);1H. The smallest absolute Gasteiger partial charge is 0.250 e. The predicted molar refractivity (Wildman–Crippen MR) is 132 cm³/mol. The van der Waals surface area contributed by atoms with Crippen LogP contribution in [-0.4, -0.2) is 55.2 Å². The minimum absolute atomic E-state index is 0. The number of hydrogen-bond acceptors (Lipinski definition) is 3. The molecule has 1 aromatic heterocycles. The van der Waals surface area contributed by atoms with E-state index in [4.69, 9.17) is 0 Å². The summed E-state index contributed by atoms with van der Waals surface area (Å²) in [6.45, 7) is 7.55. The molecule has 2 heterocycles. The van der Waals surface area contributed by atoms with Crippen LogP contribution < -0.4 is 15.8 Å². The van der Waals surface area contributed by atoms with E-state index in [-0.39, 0.29) is 29.5 Å². The van der Waals surface area contributed by atoms with Crippen molar-refractivity contribution in [2.24, 2.45) is 4.99 Å². The highest BCUT2D eigenvalue weighted by Crippen LogP contribution is 2.15. The van der Waals surface area contributed by atoms with Crippen molar-refractivity contribution in [1.82, 2.24) is 14.8 Å². The van der Waals surface area contributed by atoms with E-state index in [2.05, 4.69) is 50.4 Å². The zero-order valence-corrected chi connectivity index (χ0v) is 19.7. The molecule has 0 unspecified atom stereocenters. The molecule has 2 aromatic rings. The van der Waals surface area contributed by atoms with Crippen molar-refractivity contribution >= 4 is 35.6 Å². The van der Waals surface area contributed by atoms with Gasteiger partial charge >= 0.3 is 0 Å². The number of aromatic nitrogens is 1. The number of benzene rings is 1. The van der Waals surface area contributed by atoms with Crippen molar-refractivity contribution < 1.29 is 0 Å². The highest BCUT2D eigenvalue weighted by Gasteiger charge is 2.19. The van der Waals surface area contributed by atoms with Crippen LogP contribution in [0.25, 0.3) is 0 Å². The van der Waals surface area contributed by atoms with Gasteiger partial charge in [-0.25, -0.2) is 0 Å². The van der Waals surface area contributed by atoms with Gasteiger partial charge in [0, 0.05) is 63.8 Å². The lowest BCUT2D eigenvalue weighted by molar-refractivity contribution is 0.372. The zero-order chi connectivity index (χ0) is 19.8. The summed E-state index contributed by atoms with van der Waals surface area (Å²) in [4.78, 5) is 21.1. The number of pyridine rings is 1. The maximum atomic E-state index is 11.9. The highest BCUT2D eigenvalue weighted by atomic mass is 127. The number of anilines is 1. The molecule has 7 heteroatoms. The van der Waals surface area contributed by atoms with E-state index in [0.29, 0.717) is 0 Å². The first kappa shape index (κ1) is 23.3. The summed E-state index contributed by atoms with van der Waals surface area (Å²) in [5.41, 5.74) is 2.39. The van der Waals surface area contributed by atoms with E-state index in [1.54, 1.807) is 6.07 Å². The van der Waals surface area contributed by atoms with Gasteiger partial charge in [0.15, 0.2) is 5.96 Å². The molecule has 1 aliphatic heterocycles. The number of nitrogens with zero attached hydrogens (tertiary/aromatic N) is 4. The van der Waals surface area contributed by atoms with Crippen LogP contribution in [0.1, 0.15) is 18.5 Å². The Kier molecular flexibility index (Phi) is 9.50. The third kappa shape index (κ3) is 6.48. The lowest BCUT2D eigenvalue weighted by Crippen LogP contribution is -2.52.